The summed E-state index contributed by atoms with van der Waals surface area (Å²) >= 11 is 0. The smallest absolute Gasteiger partial charge is 0.153 e. The summed E-state index contributed by atoms with van der Waals surface area (Å²) in [5, 5.41) is 7.13. The lowest BCUT2D eigenvalue weighted by Gasteiger charge is -2.02. The lowest BCUT2D eigenvalue weighted by Crippen LogP contribution is -1.89. The Morgan fingerprint density at radius 2 is 2.00 bits per heavy atom. The van der Waals surface area contributed by atoms with Crippen molar-refractivity contribution in [1.29, 1.82) is 0 Å². The first-order valence-electron chi connectivity index (χ1n) is 5.10. The van der Waals surface area contributed by atoms with E-state index in [4.69, 9.17) is 5.73 Å². The van der Waals surface area contributed by atoms with Gasteiger partial charge in [-0.15, -0.1) is 0 Å². The fourth-order valence-corrected chi connectivity index (χ4v) is 1.86. The van der Waals surface area contributed by atoms with Crippen molar-refractivity contribution in [1.82, 2.24) is 15.2 Å². The summed E-state index contributed by atoms with van der Waals surface area (Å²) in [5.74, 6) is 1.21. The van der Waals surface area contributed by atoms with Gasteiger partial charge in [-0.3, -0.25) is 10.1 Å². The van der Waals surface area contributed by atoms with Crippen LogP contribution in [0.3, 0.4) is 0 Å². The van der Waals surface area contributed by atoms with Crippen molar-refractivity contribution in [2.24, 2.45) is 0 Å². The molecule has 0 saturated heterocycles. The molecule has 3 N–H and O–H groups in total. The van der Waals surface area contributed by atoms with Gasteiger partial charge in [0.2, 0.25) is 0 Å². The van der Waals surface area contributed by atoms with Crippen LogP contribution in [0.25, 0.3) is 11.1 Å². The Morgan fingerprint density at radius 3 is 2.67 bits per heavy atom. The average Bonchev–Trinajstić information content (AvgIpc) is 3.04. The van der Waals surface area contributed by atoms with Gasteiger partial charge in [-0.05, 0) is 30.5 Å². The minimum Gasteiger partial charge on any atom is -0.382 e. The zero-order valence-electron chi connectivity index (χ0n) is 8.27. The minimum atomic E-state index is 0.586. The molecule has 0 atom stereocenters. The zero-order valence-corrected chi connectivity index (χ0v) is 8.27. The molecule has 0 spiro atoms. The number of rotatable bonds is 2. The summed E-state index contributed by atoms with van der Waals surface area (Å²) in [6.07, 6.45) is 6.02. The zero-order chi connectivity index (χ0) is 10.3. The van der Waals surface area contributed by atoms with E-state index in [-0.39, 0.29) is 0 Å². The number of hydrogen-bond donors (Lipinski definition) is 2. The van der Waals surface area contributed by atoms with Gasteiger partial charge in [0.05, 0.1) is 0 Å². The molecule has 2 aromatic rings. The first kappa shape index (κ1) is 8.47. The fourth-order valence-electron chi connectivity index (χ4n) is 1.86. The SMILES string of the molecule is Nc1n[nH]c(C2CC2)c1-c1ccncc1. The van der Waals surface area contributed by atoms with Gasteiger partial charge in [-0.1, -0.05) is 0 Å². The largest absolute Gasteiger partial charge is 0.382 e. The molecule has 15 heavy (non-hydrogen) atoms. The molecule has 0 bridgehead atoms. The molecule has 0 radical (unpaired) electrons. The van der Waals surface area contributed by atoms with E-state index in [1.54, 1.807) is 12.4 Å². The highest BCUT2D eigenvalue weighted by Crippen LogP contribution is 2.44. The molecule has 0 amide bonds. The third kappa shape index (κ3) is 1.38. The fraction of sp³-hybridized carbons (Fsp3) is 0.273. The molecule has 4 heteroatoms. The van der Waals surface area contributed by atoms with E-state index in [0.717, 1.165) is 11.1 Å². The van der Waals surface area contributed by atoms with Crippen LogP contribution in [-0.4, -0.2) is 15.2 Å². The molecular formula is C11H12N4. The molecule has 76 valence electrons. The van der Waals surface area contributed by atoms with Crippen molar-refractivity contribution < 1.29 is 0 Å². The van der Waals surface area contributed by atoms with E-state index in [0.29, 0.717) is 11.7 Å². The molecule has 1 fully saturated rings. The van der Waals surface area contributed by atoms with E-state index in [9.17, 15) is 0 Å². The monoisotopic (exact) mass is 200 g/mol. The van der Waals surface area contributed by atoms with Crippen molar-refractivity contribution in [3.8, 4) is 11.1 Å². The number of hydrogen-bond acceptors (Lipinski definition) is 3. The molecule has 2 heterocycles. The standard InChI is InChI=1S/C11H12N4/c12-11-9(7-3-5-13-6-4-7)10(14-15-11)8-1-2-8/h3-6,8H,1-2H2,(H3,12,14,15). The van der Waals surface area contributed by atoms with Crippen LogP contribution in [0.4, 0.5) is 5.82 Å². The van der Waals surface area contributed by atoms with Crippen LogP contribution in [0.1, 0.15) is 24.5 Å². The van der Waals surface area contributed by atoms with Gasteiger partial charge in [0.25, 0.3) is 0 Å². The van der Waals surface area contributed by atoms with Gasteiger partial charge >= 0.3 is 0 Å². The highest BCUT2D eigenvalue weighted by molar-refractivity contribution is 5.76. The van der Waals surface area contributed by atoms with E-state index >= 15 is 0 Å². The number of aromatic amines is 1. The number of nitrogen functional groups attached to an aromatic ring is 1. The summed E-state index contributed by atoms with van der Waals surface area (Å²) in [7, 11) is 0. The van der Waals surface area contributed by atoms with Gasteiger partial charge < -0.3 is 5.73 Å². The topological polar surface area (TPSA) is 67.6 Å². The van der Waals surface area contributed by atoms with Crippen molar-refractivity contribution in [2.45, 2.75) is 18.8 Å². The van der Waals surface area contributed by atoms with Gasteiger partial charge in [-0.2, -0.15) is 5.10 Å². The third-order valence-electron chi connectivity index (χ3n) is 2.78. The molecule has 0 aliphatic heterocycles. The third-order valence-corrected chi connectivity index (χ3v) is 2.78. The second kappa shape index (κ2) is 3.08. The Balaban J connectivity index is 2.13. The molecule has 0 aromatic carbocycles. The number of H-pyrrole nitrogens is 1. The van der Waals surface area contributed by atoms with Crippen molar-refractivity contribution in [3.05, 3.63) is 30.2 Å². The first-order valence-corrected chi connectivity index (χ1v) is 5.10. The highest BCUT2D eigenvalue weighted by atomic mass is 15.2. The number of nitrogens with one attached hydrogen (secondary N) is 1. The van der Waals surface area contributed by atoms with Crippen LogP contribution >= 0.6 is 0 Å². The number of nitrogens with zero attached hydrogens (tertiary/aromatic N) is 2. The Morgan fingerprint density at radius 1 is 1.27 bits per heavy atom. The maximum Gasteiger partial charge on any atom is 0.153 e. The Bertz CT molecular complexity index is 471. The van der Waals surface area contributed by atoms with Crippen LogP contribution < -0.4 is 5.73 Å². The van der Waals surface area contributed by atoms with E-state index in [2.05, 4.69) is 15.2 Å². The summed E-state index contributed by atoms with van der Waals surface area (Å²) in [5.41, 5.74) is 9.21. The number of aromatic nitrogens is 3. The Kier molecular flexibility index (Phi) is 1.74. The predicted octanol–water partition coefficient (Wildman–Crippen LogP) is 1.93. The quantitative estimate of drug-likeness (QED) is 0.778. The van der Waals surface area contributed by atoms with Crippen LogP contribution in [0, 0.1) is 0 Å². The van der Waals surface area contributed by atoms with Gasteiger partial charge in [-0.25, -0.2) is 0 Å². The van der Waals surface area contributed by atoms with Crippen LogP contribution in [0.15, 0.2) is 24.5 Å². The second-order valence-corrected chi connectivity index (χ2v) is 3.91. The number of nitrogens with two attached hydrogens (primary N) is 1. The minimum absolute atomic E-state index is 0.586. The summed E-state index contributed by atoms with van der Waals surface area (Å²) < 4.78 is 0. The van der Waals surface area contributed by atoms with Crippen molar-refractivity contribution >= 4 is 5.82 Å². The summed E-state index contributed by atoms with van der Waals surface area (Å²) in [6.45, 7) is 0. The van der Waals surface area contributed by atoms with Gasteiger partial charge in [0, 0.05) is 29.6 Å². The number of pyridine rings is 1. The first-order chi connectivity index (χ1) is 7.36. The van der Waals surface area contributed by atoms with Crippen molar-refractivity contribution in [3.63, 3.8) is 0 Å². The van der Waals surface area contributed by atoms with Gasteiger partial charge in [0.1, 0.15) is 0 Å². The normalized spacial score (nSPS) is 15.5. The maximum absolute atomic E-state index is 5.88. The summed E-state index contributed by atoms with van der Waals surface area (Å²) in [4.78, 5) is 4.00. The summed E-state index contributed by atoms with van der Waals surface area (Å²) in [6, 6.07) is 3.93. The van der Waals surface area contributed by atoms with E-state index < -0.39 is 0 Å². The molecule has 1 aliphatic rings. The maximum atomic E-state index is 5.88. The second-order valence-electron chi connectivity index (χ2n) is 3.91. The molecule has 3 rings (SSSR count). The Labute approximate surface area is 87.5 Å². The lowest BCUT2D eigenvalue weighted by atomic mass is 10.0. The molecular weight excluding hydrogens is 188 g/mol. The van der Waals surface area contributed by atoms with E-state index in [1.807, 2.05) is 12.1 Å². The van der Waals surface area contributed by atoms with Gasteiger partial charge in [0.15, 0.2) is 5.82 Å². The molecule has 1 aliphatic carbocycles. The molecule has 2 aromatic heterocycles. The van der Waals surface area contributed by atoms with Crippen LogP contribution in [-0.2, 0) is 0 Å². The number of anilines is 1. The van der Waals surface area contributed by atoms with Crippen molar-refractivity contribution in [2.75, 3.05) is 5.73 Å². The molecule has 0 unspecified atom stereocenters. The van der Waals surface area contributed by atoms with Crippen LogP contribution in [0.5, 0.6) is 0 Å². The lowest BCUT2D eigenvalue weighted by molar-refractivity contribution is 0.969. The average molecular weight is 200 g/mol. The van der Waals surface area contributed by atoms with E-state index in [1.165, 1.54) is 18.5 Å². The molecule has 4 nitrogen and oxygen atoms in total. The molecule has 1 saturated carbocycles. The Hall–Kier alpha value is -1.84. The predicted molar refractivity (Wildman–Crippen MR) is 58.2 cm³/mol. The highest BCUT2D eigenvalue weighted by Gasteiger charge is 2.29. The van der Waals surface area contributed by atoms with Crippen LogP contribution in [0.2, 0.25) is 0 Å².